The van der Waals surface area contributed by atoms with E-state index in [0.717, 1.165) is 36.5 Å². The Bertz CT molecular complexity index is 771. The Morgan fingerprint density at radius 1 is 1.19 bits per heavy atom. The first-order valence-corrected chi connectivity index (χ1v) is 8.98. The minimum absolute atomic E-state index is 0.0448. The van der Waals surface area contributed by atoms with E-state index in [2.05, 4.69) is 9.97 Å². The van der Waals surface area contributed by atoms with Gasteiger partial charge in [0, 0.05) is 43.3 Å². The third-order valence-electron chi connectivity index (χ3n) is 4.51. The summed E-state index contributed by atoms with van der Waals surface area (Å²) in [5.41, 5.74) is 3.50. The summed E-state index contributed by atoms with van der Waals surface area (Å²) >= 11 is 0. The summed E-state index contributed by atoms with van der Waals surface area (Å²) in [6, 6.07) is 10.0. The van der Waals surface area contributed by atoms with Crippen molar-refractivity contribution in [2.75, 3.05) is 32.1 Å². The summed E-state index contributed by atoms with van der Waals surface area (Å²) in [5, 5.41) is 0. The van der Waals surface area contributed by atoms with E-state index in [1.807, 2.05) is 68.1 Å². The number of likely N-dealkylation sites (tertiary alicyclic amines) is 1. The molecule has 1 amide bonds. The number of benzene rings is 1. The molecule has 0 aliphatic carbocycles. The molecule has 6 heteroatoms. The number of amides is 1. The molecule has 6 nitrogen and oxygen atoms in total. The van der Waals surface area contributed by atoms with Gasteiger partial charge in [0.15, 0.2) is 0 Å². The lowest BCUT2D eigenvalue weighted by atomic mass is 10.1. The second kappa shape index (κ2) is 7.72. The molecular weight excluding hydrogens is 328 g/mol. The minimum atomic E-state index is -0.0778. The molecule has 2 heterocycles. The molecule has 2 aromatic rings. The van der Waals surface area contributed by atoms with Gasteiger partial charge in [0.1, 0.15) is 6.10 Å². The van der Waals surface area contributed by atoms with Crippen molar-refractivity contribution in [1.82, 2.24) is 14.9 Å². The van der Waals surface area contributed by atoms with Gasteiger partial charge in [-0.05, 0) is 51.0 Å². The molecule has 0 saturated carbocycles. The van der Waals surface area contributed by atoms with Crippen LogP contribution in [0.1, 0.15) is 34.6 Å². The van der Waals surface area contributed by atoms with Crippen LogP contribution in [0.5, 0.6) is 6.01 Å². The summed E-state index contributed by atoms with van der Waals surface area (Å²) in [6.07, 6.45) is 1.73. The third-order valence-corrected chi connectivity index (χ3v) is 4.51. The van der Waals surface area contributed by atoms with Crippen LogP contribution >= 0.6 is 0 Å². The van der Waals surface area contributed by atoms with E-state index >= 15 is 0 Å². The molecule has 0 N–H and O–H groups in total. The first kappa shape index (κ1) is 18.2. The standard InChI is InChI=1S/C20H26N4O2/c1-14-11-15(2)22-20(21-14)26-18-9-6-10-24(13-18)19(25)16-7-5-8-17(12-16)23(3)4/h5,7-8,11-12,18H,6,9-10,13H2,1-4H3. The van der Waals surface area contributed by atoms with Crippen LogP contribution in [0.4, 0.5) is 5.69 Å². The van der Waals surface area contributed by atoms with E-state index in [4.69, 9.17) is 4.74 Å². The van der Waals surface area contributed by atoms with E-state index < -0.39 is 0 Å². The van der Waals surface area contributed by atoms with Crippen molar-refractivity contribution in [1.29, 1.82) is 0 Å². The van der Waals surface area contributed by atoms with Crippen LogP contribution < -0.4 is 9.64 Å². The topological polar surface area (TPSA) is 58.6 Å². The van der Waals surface area contributed by atoms with Crippen molar-refractivity contribution < 1.29 is 9.53 Å². The molecule has 1 fully saturated rings. The normalized spacial score (nSPS) is 17.1. The number of carbonyl (C=O) groups is 1. The van der Waals surface area contributed by atoms with E-state index in [0.29, 0.717) is 18.1 Å². The second-order valence-electron chi connectivity index (χ2n) is 7.01. The fourth-order valence-electron chi connectivity index (χ4n) is 3.21. The van der Waals surface area contributed by atoms with Gasteiger partial charge in [-0.25, -0.2) is 9.97 Å². The highest BCUT2D eigenvalue weighted by molar-refractivity contribution is 5.95. The quantitative estimate of drug-likeness (QED) is 0.845. The van der Waals surface area contributed by atoms with E-state index in [1.165, 1.54) is 0 Å². The molecular formula is C20H26N4O2. The first-order valence-electron chi connectivity index (χ1n) is 8.98. The van der Waals surface area contributed by atoms with Crippen molar-refractivity contribution in [2.45, 2.75) is 32.8 Å². The van der Waals surface area contributed by atoms with Gasteiger partial charge in [-0.15, -0.1) is 0 Å². The van der Waals surface area contributed by atoms with Crippen molar-refractivity contribution in [2.24, 2.45) is 0 Å². The van der Waals surface area contributed by atoms with Crippen LogP contribution in [0.25, 0.3) is 0 Å². The summed E-state index contributed by atoms with van der Waals surface area (Å²) in [4.78, 5) is 25.5. The Morgan fingerprint density at radius 3 is 2.62 bits per heavy atom. The number of aromatic nitrogens is 2. The zero-order valence-electron chi connectivity index (χ0n) is 15.9. The molecule has 0 spiro atoms. The maximum atomic E-state index is 12.9. The number of hydrogen-bond acceptors (Lipinski definition) is 5. The molecule has 1 aromatic carbocycles. The van der Waals surface area contributed by atoms with E-state index in [9.17, 15) is 4.79 Å². The Hall–Kier alpha value is -2.63. The number of hydrogen-bond donors (Lipinski definition) is 0. The van der Waals surface area contributed by atoms with Crippen LogP contribution in [0.2, 0.25) is 0 Å². The lowest BCUT2D eigenvalue weighted by Crippen LogP contribution is -2.44. The zero-order valence-corrected chi connectivity index (χ0v) is 15.9. The predicted octanol–water partition coefficient (Wildman–Crippen LogP) is 2.84. The average Bonchev–Trinajstić information content (AvgIpc) is 2.60. The van der Waals surface area contributed by atoms with Gasteiger partial charge in [-0.3, -0.25) is 4.79 Å². The number of anilines is 1. The highest BCUT2D eigenvalue weighted by Crippen LogP contribution is 2.20. The Kier molecular flexibility index (Phi) is 5.40. The van der Waals surface area contributed by atoms with E-state index in [1.54, 1.807) is 0 Å². The molecule has 1 aliphatic heterocycles. The number of carbonyl (C=O) groups excluding carboxylic acids is 1. The molecule has 0 bridgehead atoms. The maximum Gasteiger partial charge on any atom is 0.317 e. The molecule has 1 aliphatic rings. The Labute approximate surface area is 154 Å². The summed E-state index contributed by atoms with van der Waals surface area (Å²) < 4.78 is 5.97. The molecule has 1 atom stereocenters. The average molecular weight is 354 g/mol. The second-order valence-corrected chi connectivity index (χ2v) is 7.01. The molecule has 138 valence electrons. The minimum Gasteiger partial charge on any atom is -0.458 e. The first-order chi connectivity index (χ1) is 12.4. The Balaban J connectivity index is 1.69. The number of piperidine rings is 1. The zero-order chi connectivity index (χ0) is 18.7. The molecule has 1 saturated heterocycles. The number of aryl methyl sites for hydroxylation is 2. The fraction of sp³-hybridized carbons (Fsp3) is 0.450. The highest BCUT2D eigenvalue weighted by Gasteiger charge is 2.26. The number of rotatable bonds is 4. The van der Waals surface area contributed by atoms with Crippen LogP contribution in [0, 0.1) is 13.8 Å². The van der Waals surface area contributed by atoms with Gasteiger partial charge in [0.2, 0.25) is 0 Å². The molecule has 1 aromatic heterocycles. The van der Waals surface area contributed by atoms with Crippen LogP contribution in [0.3, 0.4) is 0 Å². The van der Waals surface area contributed by atoms with Gasteiger partial charge >= 0.3 is 6.01 Å². The van der Waals surface area contributed by atoms with Gasteiger partial charge in [0.05, 0.1) is 6.54 Å². The van der Waals surface area contributed by atoms with Crippen LogP contribution in [-0.2, 0) is 0 Å². The fourth-order valence-corrected chi connectivity index (χ4v) is 3.21. The van der Waals surface area contributed by atoms with Crippen molar-refractivity contribution >= 4 is 11.6 Å². The summed E-state index contributed by atoms with van der Waals surface area (Å²) in [6.45, 7) is 5.16. The van der Waals surface area contributed by atoms with Crippen LogP contribution in [0.15, 0.2) is 30.3 Å². The smallest absolute Gasteiger partial charge is 0.317 e. The van der Waals surface area contributed by atoms with Gasteiger partial charge < -0.3 is 14.5 Å². The summed E-state index contributed by atoms with van der Waals surface area (Å²) in [5.74, 6) is 0.0448. The molecule has 0 radical (unpaired) electrons. The van der Waals surface area contributed by atoms with Crippen molar-refractivity contribution in [3.05, 3.63) is 47.3 Å². The van der Waals surface area contributed by atoms with Crippen molar-refractivity contribution in [3.63, 3.8) is 0 Å². The van der Waals surface area contributed by atoms with Gasteiger partial charge in [0.25, 0.3) is 5.91 Å². The predicted molar refractivity (Wildman–Crippen MR) is 102 cm³/mol. The van der Waals surface area contributed by atoms with Crippen molar-refractivity contribution in [3.8, 4) is 6.01 Å². The number of ether oxygens (including phenoxy) is 1. The largest absolute Gasteiger partial charge is 0.458 e. The monoisotopic (exact) mass is 354 g/mol. The Morgan fingerprint density at radius 2 is 1.92 bits per heavy atom. The molecule has 3 rings (SSSR count). The van der Waals surface area contributed by atoms with Gasteiger partial charge in [-0.2, -0.15) is 0 Å². The van der Waals surface area contributed by atoms with Gasteiger partial charge in [-0.1, -0.05) is 6.07 Å². The SMILES string of the molecule is Cc1cc(C)nc(OC2CCCN(C(=O)c3cccc(N(C)C)c3)C2)n1. The molecule has 1 unspecified atom stereocenters. The lowest BCUT2D eigenvalue weighted by Gasteiger charge is -2.32. The maximum absolute atomic E-state index is 12.9. The lowest BCUT2D eigenvalue weighted by molar-refractivity contribution is 0.0515. The van der Waals surface area contributed by atoms with Crippen LogP contribution in [-0.4, -0.2) is 54.1 Å². The molecule has 26 heavy (non-hydrogen) atoms. The third kappa shape index (κ3) is 4.31. The summed E-state index contributed by atoms with van der Waals surface area (Å²) in [7, 11) is 3.94. The number of nitrogens with zero attached hydrogens (tertiary/aromatic N) is 4. The highest BCUT2D eigenvalue weighted by atomic mass is 16.5. The van der Waals surface area contributed by atoms with E-state index in [-0.39, 0.29) is 12.0 Å².